The highest BCUT2D eigenvalue weighted by atomic mass is 32.1. The fourth-order valence-corrected chi connectivity index (χ4v) is 4.56. The van der Waals surface area contributed by atoms with E-state index in [1.807, 2.05) is 35.2 Å². The molecule has 0 bridgehead atoms. The van der Waals surface area contributed by atoms with Crippen LogP contribution < -0.4 is 15.8 Å². The van der Waals surface area contributed by atoms with Gasteiger partial charge in [0.25, 0.3) is 17.5 Å². The van der Waals surface area contributed by atoms with Crippen molar-refractivity contribution >= 4 is 34.5 Å². The molecule has 2 amide bonds. The number of nitrogens with one attached hydrogen (secondary N) is 2. The van der Waals surface area contributed by atoms with Gasteiger partial charge in [-0.3, -0.25) is 30.6 Å². The molecule has 9 nitrogen and oxygen atoms in total. The number of anilines is 1. The number of nitrogens with zero attached hydrogens (tertiary/aromatic N) is 3. The van der Waals surface area contributed by atoms with Crippen LogP contribution in [0.4, 0.5) is 11.4 Å². The fraction of sp³-hybridized carbons (Fsp3) is 0.227. The van der Waals surface area contributed by atoms with Crippen molar-refractivity contribution in [2.24, 2.45) is 0 Å². The summed E-state index contributed by atoms with van der Waals surface area (Å²) in [4.78, 5) is 42.9. The molecule has 2 heterocycles. The SMILES string of the molecule is Cc1nc(-c2ccccc2)sc1C(=O)NNC(=O)c1ccc(N2CCCC2)c([N+](=O)[O-])c1. The van der Waals surface area contributed by atoms with Crippen LogP contribution >= 0.6 is 11.3 Å². The zero-order chi connectivity index (χ0) is 22.7. The van der Waals surface area contributed by atoms with Gasteiger partial charge in [-0.15, -0.1) is 11.3 Å². The summed E-state index contributed by atoms with van der Waals surface area (Å²) in [6.45, 7) is 3.23. The molecule has 2 N–H and O–H groups in total. The number of nitro benzene ring substituents is 1. The number of benzene rings is 2. The summed E-state index contributed by atoms with van der Waals surface area (Å²) in [5, 5.41) is 12.2. The normalized spacial score (nSPS) is 13.1. The third kappa shape index (κ3) is 4.45. The monoisotopic (exact) mass is 451 g/mol. The summed E-state index contributed by atoms with van der Waals surface area (Å²) in [6, 6.07) is 13.8. The Kier molecular flexibility index (Phi) is 6.13. The molecule has 0 atom stereocenters. The van der Waals surface area contributed by atoms with Crippen LogP contribution in [0, 0.1) is 17.0 Å². The highest BCUT2D eigenvalue weighted by molar-refractivity contribution is 7.17. The van der Waals surface area contributed by atoms with Gasteiger partial charge in [0.05, 0.1) is 10.6 Å². The maximum atomic E-state index is 12.6. The first-order valence-electron chi connectivity index (χ1n) is 10.1. The molecular weight excluding hydrogens is 430 g/mol. The number of aromatic nitrogens is 1. The standard InChI is InChI=1S/C22H21N5O4S/c1-14-19(32-22(23-14)15-7-3-2-4-8-15)21(29)25-24-20(28)16-9-10-17(18(13-16)27(30)31)26-11-5-6-12-26/h2-4,7-10,13H,5-6,11-12H2,1H3,(H,24,28)(H,25,29). The Balaban J connectivity index is 1.46. The van der Waals surface area contributed by atoms with Gasteiger partial charge >= 0.3 is 0 Å². The van der Waals surface area contributed by atoms with Crippen LogP contribution in [0.5, 0.6) is 0 Å². The van der Waals surface area contributed by atoms with Crippen LogP contribution in [0.25, 0.3) is 10.6 Å². The molecule has 0 saturated carbocycles. The van der Waals surface area contributed by atoms with Crippen LogP contribution in [-0.4, -0.2) is 34.8 Å². The lowest BCUT2D eigenvalue weighted by atomic mass is 10.1. The average Bonchev–Trinajstić information content (AvgIpc) is 3.47. The largest absolute Gasteiger partial charge is 0.366 e. The molecule has 1 aromatic heterocycles. The van der Waals surface area contributed by atoms with E-state index in [1.54, 1.807) is 13.0 Å². The summed E-state index contributed by atoms with van der Waals surface area (Å²) in [6.07, 6.45) is 1.96. The lowest BCUT2D eigenvalue weighted by Crippen LogP contribution is -2.41. The molecule has 0 unspecified atom stereocenters. The Morgan fingerprint density at radius 3 is 2.44 bits per heavy atom. The maximum absolute atomic E-state index is 12.6. The predicted molar refractivity (Wildman–Crippen MR) is 122 cm³/mol. The van der Waals surface area contributed by atoms with Crippen LogP contribution in [0.15, 0.2) is 48.5 Å². The Labute approximate surface area is 188 Å². The van der Waals surface area contributed by atoms with Crippen LogP contribution in [0.1, 0.15) is 38.6 Å². The van der Waals surface area contributed by atoms with E-state index in [1.165, 1.54) is 23.5 Å². The molecule has 32 heavy (non-hydrogen) atoms. The molecule has 164 valence electrons. The van der Waals surface area contributed by atoms with Gasteiger partial charge < -0.3 is 4.90 Å². The number of thiazole rings is 1. The average molecular weight is 452 g/mol. The maximum Gasteiger partial charge on any atom is 0.293 e. The number of aryl methyl sites for hydroxylation is 1. The smallest absolute Gasteiger partial charge is 0.293 e. The van der Waals surface area contributed by atoms with Crippen molar-refractivity contribution in [3.63, 3.8) is 0 Å². The van der Waals surface area contributed by atoms with E-state index in [-0.39, 0.29) is 11.3 Å². The molecule has 2 aromatic carbocycles. The van der Waals surface area contributed by atoms with Gasteiger partial charge in [-0.2, -0.15) is 0 Å². The van der Waals surface area contributed by atoms with Gasteiger partial charge in [0.2, 0.25) is 0 Å². The van der Waals surface area contributed by atoms with Crippen molar-refractivity contribution in [1.29, 1.82) is 0 Å². The van der Waals surface area contributed by atoms with Gasteiger partial charge in [0.15, 0.2) is 0 Å². The Hall–Kier alpha value is -3.79. The van der Waals surface area contributed by atoms with E-state index in [4.69, 9.17) is 0 Å². The Bertz CT molecular complexity index is 1170. The Morgan fingerprint density at radius 2 is 1.75 bits per heavy atom. The third-order valence-electron chi connectivity index (χ3n) is 5.19. The lowest BCUT2D eigenvalue weighted by Gasteiger charge is -2.17. The first-order chi connectivity index (χ1) is 15.4. The number of carbonyl (C=O) groups is 2. The second-order valence-corrected chi connectivity index (χ2v) is 8.36. The van der Waals surface area contributed by atoms with Crippen molar-refractivity contribution in [2.75, 3.05) is 18.0 Å². The summed E-state index contributed by atoms with van der Waals surface area (Å²) >= 11 is 1.22. The van der Waals surface area contributed by atoms with Gasteiger partial charge in [0.1, 0.15) is 15.6 Å². The minimum atomic E-state index is -0.639. The van der Waals surface area contributed by atoms with Crippen LogP contribution in [0.3, 0.4) is 0 Å². The van der Waals surface area contributed by atoms with Crippen LogP contribution in [0.2, 0.25) is 0 Å². The minimum Gasteiger partial charge on any atom is -0.366 e. The third-order valence-corrected chi connectivity index (χ3v) is 6.40. The van der Waals surface area contributed by atoms with E-state index in [2.05, 4.69) is 15.8 Å². The molecule has 0 spiro atoms. The number of carbonyl (C=O) groups excluding carboxylic acids is 2. The van der Waals surface area contributed by atoms with Crippen LogP contribution in [-0.2, 0) is 0 Å². The molecular formula is C22H21N5O4S. The molecule has 10 heteroatoms. The van der Waals surface area contributed by atoms with E-state index in [0.717, 1.165) is 31.5 Å². The zero-order valence-electron chi connectivity index (χ0n) is 17.3. The number of amides is 2. The number of hydrogen-bond acceptors (Lipinski definition) is 7. The molecule has 0 radical (unpaired) electrons. The highest BCUT2D eigenvalue weighted by Gasteiger charge is 2.24. The second kappa shape index (κ2) is 9.15. The first-order valence-corrected chi connectivity index (χ1v) is 10.9. The van der Waals surface area contributed by atoms with Crippen molar-refractivity contribution in [3.05, 3.63) is 74.8 Å². The Morgan fingerprint density at radius 1 is 1.06 bits per heavy atom. The molecule has 1 aliphatic heterocycles. The molecule has 3 aromatic rings. The summed E-state index contributed by atoms with van der Waals surface area (Å²) in [7, 11) is 0. The van der Waals surface area contributed by atoms with E-state index in [9.17, 15) is 19.7 Å². The predicted octanol–water partition coefficient (Wildman–Crippen LogP) is 3.70. The molecule has 1 fully saturated rings. The van der Waals surface area contributed by atoms with Gasteiger partial charge in [-0.25, -0.2) is 4.98 Å². The lowest BCUT2D eigenvalue weighted by molar-refractivity contribution is -0.384. The van der Waals surface area contributed by atoms with Gasteiger partial charge in [0, 0.05) is 30.3 Å². The number of nitro groups is 1. The van der Waals surface area contributed by atoms with Crippen molar-refractivity contribution in [1.82, 2.24) is 15.8 Å². The molecule has 0 aliphatic carbocycles. The summed E-state index contributed by atoms with van der Waals surface area (Å²) in [5.74, 6) is -1.14. The minimum absolute atomic E-state index is 0.0888. The number of hydrazine groups is 1. The fourth-order valence-electron chi connectivity index (χ4n) is 3.59. The summed E-state index contributed by atoms with van der Waals surface area (Å²) < 4.78 is 0. The summed E-state index contributed by atoms with van der Waals surface area (Å²) in [5.41, 5.74) is 6.61. The zero-order valence-corrected chi connectivity index (χ0v) is 18.1. The van der Waals surface area contributed by atoms with Crippen molar-refractivity contribution in [2.45, 2.75) is 19.8 Å². The van der Waals surface area contributed by atoms with Crippen molar-refractivity contribution < 1.29 is 14.5 Å². The topological polar surface area (TPSA) is 117 Å². The highest BCUT2D eigenvalue weighted by Crippen LogP contribution is 2.32. The second-order valence-electron chi connectivity index (χ2n) is 7.36. The van der Waals surface area contributed by atoms with Gasteiger partial charge in [-0.05, 0) is 31.9 Å². The number of hydrogen-bond donors (Lipinski definition) is 2. The van der Waals surface area contributed by atoms with Crippen molar-refractivity contribution in [3.8, 4) is 10.6 Å². The van der Waals surface area contributed by atoms with E-state index < -0.39 is 16.7 Å². The first kappa shape index (κ1) is 21.4. The van der Waals surface area contributed by atoms with Gasteiger partial charge in [-0.1, -0.05) is 30.3 Å². The molecule has 4 rings (SSSR count). The van der Waals surface area contributed by atoms with E-state index >= 15 is 0 Å². The van der Waals surface area contributed by atoms with E-state index in [0.29, 0.717) is 21.3 Å². The number of rotatable bonds is 5. The molecule has 1 aliphatic rings. The molecule has 1 saturated heterocycles. The quantitative estimate of drug-likeness (QED) is 0.451.